The number of nitrogens with zero attached hydrogens (tertiary/aromatic N) is 2. The topological polar surface area (TPSA) is 115 Å². The third-order valence-corrected chi connectivity index (χ3v) is 3.96. The molecule has 4 amide bonds. The Labute approximate surface area is 153 Å². The second-order valence-corrected chi connectivity index (χ2v) is 5.78. The maximum Gasteiger partial charge on any atom is 0.326 e. The Hall–Kier alpha value is -3.75. The summed E-state index contributed by atoms with van der Waals surface area (Å²) >= 11 is 0. The van der Waals surface area contributed by atoms with Gasteiger partial charge in [-0.15, -0.1) is 0 Å². The van der Waals surface area contributed by atoms with Gasteiger partial charge in [-0.3, -0.25) is 34.2 Å². The molecule has 0 atom stereocenters. The average molecular weight is 369 g/mol. The fourth-order valence-electron chi connectivity index (χ4n) is 2.63. The highest BCUT2D eigenvalue weighted by Crippen LogP contribution is 2.22. The maximum atomic E-state index is 12.2. The SMILES string of the molecule is Cn1cccc1C(=O)NC(=O)COC(=O)CN1C(=O)c2ccccc2C1=O. The summed E-state index contributed by atoms with van der Waals surface area (Å²) in [7, 11) is 1.64. The Bertz CT molecular complexity index is 927. The lowest BCUT2D eigenvalue weighted by atomic mass is 10.1. The van der Waals surface area contributed by atoms with Crippen molar-refractivity contribution in [1.82, 2.24) is 14.8 Å². The number of esters is 1. The number of ether oxygens (including phenoxy) is 1. The van der Waals surface area contributed by atoms with Crippen LogP contribution in [0.5, 0.6) is 0 Å². The molecule has 0 aliphatic carbocycles. The van der Waals surface area contributed by atoms with Gasteiger partial charge in [-0.05, 0) is 24.3 Å². The molecule has 27 heavy (non-hydrogen) atoms. The molecule has 138 valence electrons. The van der Waals surface area contributed by atoms with Gasteiger partial charge in [-0.25, -0.2) is 0 Å². The van der Waals surface area contributed by atoms with Crippen LogP contribution in [0, 0.1) is 0 Å². The van der Waals surface area contributed by atoms with Gasteiger partial charge in [0, 0.05) is 13.2 Å². The van der Waals surface area contributed by atoms with Crippen LogP contribution in [0.15, 0.2) is 42.6 Å². The number of amides is 4. The minimum Gasteiger partial charge on any atom is -0.454 e. The second kappa shape index (κ2) is 7.24. The van der Waals surface area contributed by atoms with Gasteiger partial charge in [0.25, 0.3) is 23.6 Å². The number of benzene rings is 1. The number of carbonyl (C=O) groups is 5. The van der Waals surface area contributed by atoms with Crippen LogP contribution in [0.25, 0.3) is 0 Å². The monoisotopic (exact) mass is 369 g/mol. The van der Waals surface area contributed by atoms with E-state index in [1.807, 2.05) is 0 Å². The van der Waals surface area contributed by atoms with Crippen molar-refractivity contribution in [2.45, 2.75) is 0 Å². The molecule has 0 saturated carbocycles. The van der Waals surface area contributed by atoms with Crippen LogP contribution in [0.3, 0.4) is 0 Å². The van der Waals surface area contributed by atoms with Gasteiger partial charge in [0.15, 0.2) is 6.61 Å². The highest BCUT2D eigenvalue weighted by Gasteiger charge is 2.36. The normalized spacial score (nSPS) is 12.7. The summed E-state index contributed by atoms with van der Waals surface area (Å²) in [5, 5.41) is 2.08. The average Bonchev–Trinajstić information content (AvgIpc) is 3.18. The first-order valence-electron chi connectivity index (χ1n) is 7.95. The van der Waals surface area contributed by atoms with Gasteiger partial charge in [0.05, 0.1) is 11.1 Å². The Morgan fingerprint density at radius 3 is 2.19 bits per heavy atom. The van der Waals surface area contributed by atoms with Crippen molar-refractivity contribution >= 4 is 29.6 Å². The quantitative estimate of drug-likeness (QED) is 0.591. The zero-order chi connectivity index (χ0) is 19.6. The van der Waals surface area contributed by atoms with Crippen LogP contribution in [0.2, 0.25) is 0 Å². The van der Waals surface area contributed by atoms with Gasteiger partial charge in [-0.1, -0.05) is 12.1 Å². The molecule has 2 aromatic rings. The van der Waals surface area contributed by atoms with Crippen molar-refractivity contribution in [2.24, 2.45) is 7.05 Å². The molecule has 1 aromatic heterocycles. The molecule has 0 bridgehead atoms. The van der Waals surface area contributed by atoms with Crippen LogP contribution < -0.4 is 5.32 Å². The number of rotatable bonds is 5. The molecule has 9 nitrogen and oxygen atoms in total. The Kier molecular flexibility index (Phi) is 4.84. The summed E-state index contributed by atoms with van der Waals surface area (Å²) in [6, 6.07) is 9.37. The Balaban J connectivity index is 1.51. The third kappa shape index (κ3) is 3.61. The molecule has 1 N–H and O–H groups in total. The van der Waals surface area contributed by atoms with Crippen LogP contribution in [0.4, 0.5) is 0 Å². The first-order chi connectivity index (χ1) is 12.9. The summed E-state index contributed by atoms with van der Waals surface area (Å²) in [5.41, 5.74) is 0.683. The van der Waals surface area contributed by atoms with Crippen molar-refractivity contribution in [3.8, 4) is 0 Å². The maximum absolute atomic E-state index is 12.2. The highest BCUT2D eigenvalue weighted by molar-refractivity contribution is 6.22. The van der Waals surface area contributed by atoms with E-state index >= 15 is 0 Å². The predicted molar refractivity (Wildman–Crippen MR) is 90.7 cm³/mol. The lowest BCUT2D eigenvalue weighted by molar-refractivity contribution is -0.148. The van der Waals surface area contributed by atoms with E-state index in [1.54, 1.807) is 31.4 Å². The van der Waals surface area contributed by atoms with E-state index in [-0.39, 0.29) is 16.8 Å². The van der Waals surface area contributed by atoms with Gasteiger partial charge in [0.2, 0.25) is 0 Å². The number of carbonyl (C=O) groups excluding carboxylic acids is 5. The molecule has 1 aliphatic rings. The molecular formula is C18H15N3O6. The van der Waals surface area contributed by atoms with Crippen LogP contribution in [-0.4, -0.2) is 52.2 Å². The molecule has 0 unspecified atom stereocenters. The van der Waals surface area contributed by atoms with E-state index in [9.17, 15) is 24.0 Å². The summed E-state index contributed by atoms with van der Waals surface area (Å²) < 4.78 is 6.28. The number of nitrogens with one attached hydrogen (secondary N) is 1. The Morgan fingerprint density at radius 1 is 1.00 bits per heavy atom. The highest BCUT2D eigenvalue weighted by atomic mass is 16.5. The molecule has 0 fully saturated rings. The van der Waals surface area contributed by atoms with Crippen molar-refractivity contribution in [1.29, 1.82) is 0 Å². The van der Waals surface area contributed by atoms with E-state index in [0.717, 1.165) is 4.90 Å². The summed E-state index contributed by atoms with van der Waals surface area (Å²) in [6.07, 6.45) is 1.64. The zero-order valence-electron chi connectivity index (χ0n) is 14.3. The van der Waals surface area contributed by atoms with Crippen molar-refractivity contribution in [2.75, 3.05) is 13.2 Å². The summed E-state index contributed by atoms with van der Waals surface area (Å²) in [5.74, 6) is -3.60. The van der Waals surface area contributed by atoms with Crippen molar-refractivity contribution < 1.29 is 28.7 Å². The number of hydrogen-bond donors (Lipinski definition) is 1. The number of aryl methyl sites for hydroxylation is 1. The number of fused-ring (bicyclic) bond motifs is 1. The van der Waals surface area contributed by atoms with E-state index in [4.69, 9.17) is 4.74 Å². The number of imide groups is 2. The van der Waals surface area contributed by atoms with E-state index in [0.29, 0.717) is 0 Å². The van der Waals surface area contributed by atoms with E-state index < -0.39 is 42.7 Å². The number of aromatic nitrogens is 1. The molecule has 2 heterocycles. The predicted octanol–water partition coefficient (Wildman–Crippen LogP) is 0.121. The second-order valence-electron chi connectivity index (χ2n) is 5.78. The largest absolute Gasteiger partial charge is 0.454 e. The van der Waals surface area contributed by atoms with Crippen LogP contribution in [-0.2, 0) is 21.4 Å². The molecule has 1 aliphatic heterocycles. The number of hydrogen-bond acceptors (Lipinski definition) is 6. The lowest BCUT2D eigenvalue weighted by Gasteiger charge is -2.13. The zero-order valence-corrected chi connectivity index (χ0v) is 14.3. The fraction of sp³-hybridized carbons (Fsp3) is 0.167. The standard InChI is InChI=1S/C18H15N3O6/c1-20-8-4-7-13(20)16(24)19-14(22)10-27-15(23)9-21-17(25)11-5-2-3-6-12(11)18(21)26/h2-8H,9-10H2,1H3,(H,19,22,24). The summed E-state index contributed by atoms with van der Waals surface area (Å²) in [4.78, 5) is 60.6. The molecule has 0 spiro atoms. The smallest absolute Gasteiger partial charge is 0.326 e. The van der Waals surface area contributed by atoms with Gasteiger partial charge in [0.1, 0.15) is 12.2 Å². The summed E-state index contributed by atoms with van der Waals surface area (Å²) in [6.45, 7) is -1.33. The van der Waals surface area contributed by atoms with Gasteiger partial charge < -0.3 is 9.30 Å². The van der Waals surface area contributed by atoms with Gasteiger partial charge in [-0.2, -0.15) is 0 Å². The Morgan fingerprint density at radius 2 is 1.63 bits per heavy atom. The van der Waals surface area contributed by atoms with Gasteiger partial charge >= 0.3 is 5.97 Å². The molecular weight excluding hydrogens is 354 g/mol. The molecule has 1 aromatic carbocycles. The first-order valence-corrected chi connectivity index (χ1v) is 7.95. The van der Waals surface area contributed by atoms with Crippen LogP contribution in [0.1, 0.15) is 31.2 Å². The molecule has 0 radical (unpaired) electrons. The van der Waals surface area contributed by atoms with Crippen molar-refractivity contribution in [3.63, 3.8) is 0 Å². The van der Waals surface area contributed by atoms with Crippen molar-refractivity contribution in [3.05, 3.63) is 59.4 Å². The molecule has 9 heteroatoms. The van der Waals surface area contributed by atoms with Crippen LogP contribution >= 0.6 is 0 Å². The van der Waals surface area contributed by atoms with E-state index in [1.165, 1.54) is 22.8 Å². The molecule has 3 rings (SSSR count). The lowest BCUT2D eigenvalue weighted by Crippen LogP contribution is -2.38. The third-order valence-electron chi connectivity index (χ3n) is 3.96. The molecule has 0 saturated heterocycles. The minimum atomic E-state index is -0.939. The first kappa shape index (κ1) is 18.1. The fourth-order valence-corrected chi connectivity index (χ4v) is 2.63. The minimum absolute atomic E-state index is 0.209. The van der Waals surface area contributed by atoms with E-state index in [2.05, 4.69) is 5.32 Å².